The van der Waals surface area contributed by atoms with Gasteiger partial charge in [0.05, 0.1) is 31.1 Å². The van der Waals surface area contributed by atoms with Gasteiger partial charge in [-0.05, 0) is 68.0 Å². The number of nitrogens with one attached hydrogen (secondary N) is 2. The molecular weight excluding hydrogens is 805 g/mol. The number of esters is 1. The summed E-state index contributed by atoms with van der Waals surface area (Å²) < 4.78 is 53.6. The molecule has 0 fully saturated rings. The van der Waals surface area contributed by atoms with Crippen molar-refractivity contribution in [3.05, 3.63) is 87.3 Å². The zero-order chi connectivity index (χ0) is 42.6. The molecule has 2 aromatic heterocycles. The molecule has 0 atom stereocenters. The molecular formula is C39H44N8O10S2. The third-order valence-electron chi connectivity index (χ3n) is 8.21. The summed E-state index contributed by atoms with van der Waals surface area (Å²) in [7, 11) is -4.15. The Labute approximate surface area is 345 Å². The average Bonchev–Trinajstić information content (AvgIpc) is 3.82. The van der Waals surface area contributed by atoms with E-state index in [1.807, 2.05) is 53.4 Å². The van der Waals surface area contributed by atoms with Gasteiger partial charge in [0.2, 0.25) is 11.8 Å². The summed E-state index contributed by atoms with van der Waals surface area (Å²) in [5.74, 6) is -0.779. The second kappa shape index (κ2) is 19.9. The SMILES string of the molecule is [C-]#[N+]/C(=C\c1cc2ccc(N(CCOC(=O)NCCCS(=O)(=O)O)CCOC(=O)NCc3ccc(COc4nc(N)nc5c4N=CC5)cc3)cc2s1)C(=O)OC(C)(C)C. The Kier molecular flexibility index (Phi) is 14.8. The van der Waals surface area contributed by atoms with Crippen molar-refractivity contribution in [3.63, 3.8) is 0 Å². The predicted molar refractivity (Wildman–Crippen MR) is 222 cm³/mol. The highest BCUT2D eigenvalue weighted by molar-refractivity contribution is 7.85. The highest BCUT2D eigenvalue weighted by atomic mass is 32.2. The molecule has 0 unspecified atom stereocenters. The van der Waals surface area contributed by atoms with Gasteiger partial charge in [-0.15, -0.1) is 11.3 Å². The first-order chi connectivity index (χ1) is 28.0. The van der Waals surface area contributed by atoms with Crippen LogP contribution in [0, 0.1) is 6.57 Å². The molecule has 2 amide bonds. The van der Waals surface area contributed by atoms with Gasteiger partial charge in [0.15, 0.2) is 0 Å². The number of nitrogen functional groups attached to an aromatic ring is 1. The van der Waals surface area contributed by atoms with E-state index in [9.17, 15) is 22.8 Å². The van der Waals surface area contributed by atoms with E-state index >= 15 is 0 Å². The summed E-state index contributed by atoms with van der Waals surface area (Å²) in [5.41, 5.74) is 8.60. The van der Waals surface area contributed by atoms with Gasteiger partial charge in [-0.3, -0.25) is 14.3 Å². The molecule has 0 saturated carbocycles. The molecule has 1 aliphatic heterocycles. The van der Waals surface area contributed by atoms with Crippen LogP contribution in [-0.2, 0) is 48.7 Å². The number of amides is 2. The fourth-order valence-electron chi connectivity index (χ4n) is 5.50. The number of hydrogen-bond acceptors (Lipinski definition) is 15. The van der Waals surface area contributed by atoms with Crippen LogP contribution in [0.5, 0.6) is 5.88 Å². The van der Waals surface area contributed by atoms with Crippen LogP contribution in [0.2, 0.25) is 0 Å². The number of nitrogens with two attached hydrogens (primary N) is 1. The quantitative estimate of drug-likeness (QED) is 0.0243. The first-order valence-electron chi connectivity index (χ1n) is 18.3. The number of nitrogens with zero attached hydrogens (tertiary/aromatic N) is 5. The van der Waals surface area contributed by atoms with Crippen molar-refractivity contribution in [2.24, 2.45) is 4.99 Å². The van der Waals surface area contributed by atoms with Crippen LogP contribution in [0.4, 0.5) is 26.9 Å². The van der Waals surface area contributed by atoms with Crippen molar-refractivity contribution in [1.82, 2.24) is 20.6 Å². The lowest BCUT2D eigenvalue weighted by atomic mass is 10.1. The van der Waals surface area contributed by atoms with Crippen molar-refractivity contribution in [3.8, 4) is 5.88 Å². The number of hydrogen-bond donors (Lipinski definition) is 4. The molecule has 4 aromatic rings. The lowest BCUT2D eigenvalue weighted by Crippen LogP contribution is -2.35. The maximum Gasteiger partial charge on any atom is 0.407 e. The summed E-state index contributed by atoms with van der Waals surface area (Å²) >= 11 is 1.36. The van der Waals surface area contributed by atoms with E-state index < -0.39 is 39.6 Å². The number of ether oxygens (including phenoxy) is 4. The molecule has 312 valence electrons. The molecule has 1 aliphatic rings. The Morgan fingerprint density at radius 2 is 1.71 bits per heavy atom. The van der Waals surface area contributed by atoms with Crippen molar-refractivity contribution in [2.45, 2.75) is 52.4 Å². The first-order valence-corrected chi connectivity index (χ1v) is 20.7. The maximum atomic E-state index is 12.7. The van der Waals surface area contributed by atoms with Crippen LogP contribution >= 0.6 is 11.3 Å². The number of thiophene rings is 1. The smallest absolute Gasteiger partial charge is 0.407 e. The summed E-state index contributed by atoms with van der Waals surface area (Å²) in [6.07, 6.45) is 2.38. The molecule has 59 heavy (non-hydrogen) atoms. The van der Waals surface area contributed by atoms with E-state index in [2.05, 4.69) is 30.4 Å². The highest BCUT2D eigenvalue weighted by Gasteiger charge is 2.21. The monoisotopic (exact) mass is 848 g/mol. The summed E-state index contributed by atoms with van der Waals surface area (Å²) in [6.45, 7) is 13.4. The lowest BCUT2D eigenvalue weighted by Gasteiger charge is -2.24. The third-order valence-corrected chi connectivity index (χ3v) is 10.1. The first kappa shape index (κ1) is 43.8. The van der Waals surface area contributed by atoms with Crippen LogP contribution < -0.4 is 26.0 Å². The third kappa shape index (κ3) is 13.9. The van der Waals surface area contributed by atoms with Gasteiger partial charge in [-0.25, -0.2) is 19.4 Å². The standard InChI is InChI=1S/C39H44N8O10S2/c1-39(2,3)57-35(48)31(41-4)22-29-20-27-10-11-28(21-32(27)58-29)47(15-17-54-37(49)43-13-5-19-59(51,52)53)16-18-55-38(50)44-23-25-6-8-26(9-7-25)24-56-34-33-30(12-14-42-33)45-36(40)46-34/h6-11,14,20-22H,5,12-13,15-19,23-24H2,1-3H3,(H,43,49)(H,44,50)(H2,40,45,46)(H,51,52,53)/b31-22-. The van der Waals surface area contributed by atoms with E-state index in [0.717, 1.165) is 32.6 Å². The highest BCUT2D eigenvalue weighted by Crippen LogP contribution is 2.33. The molecule has 0 radical (unpaired) electrons. The van der Waals surface area contributed by atoms with Gasteiger partial charge in [0.25, 0.3) is 15.8 Å². The Morgan fingerprint density at radius 1 is 1.02 bits per heavy atom. The molecule has 0 bridgehead atoms. The Balaban J connectivity index is 1.16. The molecule has 5 rings (SSSR count). The molecule has 0 aliphatic carbocycles. The number of rotatable bonds is 18. The zero-order valence-electron chi connectivity index (χ0n) is 32.6. The maximum absolute atomic E-state index is 12.7. The van der Waals surface area contributed by atoms with Crippen molar-refractivity contribution in [2.75, 3.05) is 49.2 Å². The van der Waals surface area contributed by atoms with Gasteiger partial charge < -0.3 is 40.2 Å². The fourth-order valence-corrected chi connectivity index (χ4v) is 7.04. The molecule has 20 heteroatoms. The normalized spacial score (nSPS) is 12.4. The van der Waals surface area contributed by atoms with Crippen LogP contribution in [0.15, 0.2) is 59.2 Å². The number of aromatic nitrogens is 2. The summed E-state index contributed by atoms with van der Waals surface area (Å²) in [5, 5.41) is 6.04. The van der Waals surface area contributed by atoms with Crippen molar-refractivity contribution in [1.29, 1.82) is 0 Å². The fraction of sp³-hybridized carbons (Fsp3) is 0.359. The van der Waals surface area contributed by atoms with E-state index in [4.69, 9.17) is 35.8 Å². The van der Waals surface area contributed by atoms with Crippen LogP contribution in [-0.4, -0.2) is 91.5 Å². The minimum Gasteiger partial charge on any atom is -0.471 e. The number of alkyl carbamates (subject to hydrolysis) is 2. The van der Waals surface area contributed by atoms with Gasteiger partial charge in [0.1, 0.15) is 31.1 Å². The number of carbonyl (C=O) groups is 3. The van der Waals surface area contributed by atoms with Crippen molar-refractivity contribution < 1.29 is 46.3 Å². The molecule has 3 heterocycles. The topological polar surface area (TPSA) is 238 Å². The van der Waals surface area contributed by atoms with Gasteiger partial charge in [-0.2, -0.15) is 13.4 Å². The lowest BCUT2D eigenvalue weighted by molar-refractivity contribution is -0.149. The number of fused-ring (bicyclic) bond motifs is 2. The van der Waals surface area contributed by atoms with Gasteiger partial charge in [-0.1, -0.05) is 30.3 Å². The zero-order valence-corrected chi connectivity index (χ0v) is 34.2. The number of carbonyl (C=O) groups excluding carboxylic acids is 3. The minimum atomic E-state index is -4.15. The predicted octanol–water partition coefficient (Wildman–Crippen LogP) is 5.45. The van der Waals surface area contributed by atoms with E-state index in [1.54, 1.807) is 27.0 Å². The van der Waals surface area contributed by atoms with Gasteiger partial charge >= 0.3 is 18.2 Å². The van der Waals surface area contributed by atoms with Crippen LogP contribution in [0.25, 0.3) is 21.0 Å². The Hall–Kier alpha value is -6.30. The second-order valence-corrected chi connectivity index (χ2v) is 16.7. The minimum absolute atomic E-state index is 0.00562. The molecule has 0 spiro atoms. The number of aliphatic imine (C=N–C) groups is 1. The average molecular weight is 849 g/mol. The summed E-state index contributed by atoms with van der Waals surface area (Å²) in [4.78, 5) is 56.0. The van der Waals surface area contributed by atoms with Crippen LogP contribution in [0.1, 0.15) is 48.9 Å². The van der Waals surface area contributed by atoms with Crippen LogP contribution in [0.3, 0.4) is 0 Å². The summed E-state index contributed by atoms with van der Waals surface area (Å²) in [6, 6.07) is 14.9. The molecule has 0 saturated heterocycles. The second-order valence-electron chi connectivity index (χ2n) is 14.0. The number of benzene rings is 2. The molecule has 5 N–H and O–H groups in total. The van der Waals surface area contributed by atoms with E-state index in [-0.39, 0.29) is 64.1 Å². The largest absolute Gasteiger partial charge is 0.471 e. The van der Waals surface area contributed by atoms with Crippen molar-refractivity contribution >= 4 is 79.3 Å². The number of anilines is 2. The Morgan fingerprint density at radius 3 is 2.39 bits per heavy atom. The molecule has 2 aromatic carbocycles. The van der Waals surface area contributed by atoms with Gasteiger partial charge in [0, 0.05) is 41.0 Å². The van der Waals surface area contributed by atoms with E-state index in [0.29, 0.717) is 22.9 Å². The molecule has 18 nitrogen and oxygen atoms in total. The Bertz CT molecular complexity index is 2370. The van der Waals surface area contributed by atoms with E-state index in [1.165, 1.54) is 17.4 Å².